The summed E-state index contributed by atoms with van der Waals surface area (Å²) in [6.45, 7) is 5.42. The molecule has 0 atom stereocenters. The highest BCUT2D eigenvalue weighted by Crippen LogP contribution is 1.64. The fourth-order valence-electron chi connectivity index (χ4n) is 0.204. The van der Waals surface area contributed by atoms with Gasteiger partial charge < -0.3 is 25.2 Å². The molecule has 86 valence electrons. The molecule has 0 spiro atoms. The topological polar surface area (TPSA) is 90.2 Å². The number of ether oxygens (including phenoxy) is 1. The van der Waals surface area contributed by atoms with Crippen LogP contribution in [0.4, 0.5) is 0 Å². The largest absolute Gasteiger partial charge is 0.400 e. The second-order valence-corrected chi connectivity index (χ2v) is 1.23. The van der Waals surface area contributed by atoms with Crippen LogP contribution in [-0.2, 0) is 4.74 Å². The molecule has 4 N–H and O–H groups in total. The van der Waals surface area contributed by atoms with Crippen LogP contribution >= 0.6 is 0 Å². The highest BCUT2D eigenvalue weighted by atomic mass is 16.5. The van der Waals surface area contributed by atoms with Crippen molar-refractivity contribution in [3.8, 4) is 0 Å². The van der Waals surface area contributed by atoms with E-state index in [0.29, 0.717) is 0 Å². The smallest absolute Gasteiger partial charge is 0.0662 e. The van der Waals surface area contributed by atoms with Gasteiger partial charge in [0.25, 0.3) is 0 Å². The molecule has 0 bridgehead atoms. The van der Waals surface area contributed by atoms with Gasteiger partial charge in [-0.05, 0) is 13.8 Å². The molecule has 0 rings (SSSR count). The molecule has 0 unspecified atom stereocenters. The third-order valence-corrected chi connectivity index (χ3v) is 0.508. The van der Waals surface area contributed by atoms with Crippen LogP contribution in [0.25, 0.3) is 0 Å². The van der Waals surface area contributed by atoms with E-state index in [0.717, 1.165) is 27.4 Å². The minimum atomic E-state index is -0.125. The van der Waals surface area contributed by atoms with E-state index < -0.39 is 0 Å². The molecule has 0 amide bonds. The number of hydrogen-bond acceptors (Lipinski definition) is 5. The summed E-state index contributed by atoms with van der Waals surface area (Å²) in [5, 5.41) is 29.2. The van der Waals surface area contributed by atoms with Gasteiger partial charge in [0.15, 0.2) is 0 Å². The first kappa shape index (κ1) is 23.0. The van der Waals surface area contributed by atoms with Gasteiger partial charge in [-0.15, -0.1) is 0 Å². The van der Waals surface area contributed by atoms with Crippen LogP contribution in [0.15, 0.2) is 0 Å². The Labute approximate surface area is 80.6 Å². The Hall–Kier alpha value is -0.200. The number of hydrogen-bond donors (Lipinski definition) is 4. The fourth-order valence-corrected chi connectivity index (χ4v) is 0.204. The third-order valence-electron chi connectivity index (χ3n) is 0.508. The van der Waals surface area contributed by atoms with E-state index in [2.05, 4.69) is 0 Å². The van der Waals surface area contributed by atoms with Crippen molar-refractivity contribution in [1.29, 1.82) is 0 Å². The SMILES string of the molecule is CCOCC.CO.CO.OCCO. The molecule has 5 nitrogen and oxygen atoms in total. The van der Waals surface area contributed by atoms with E-state index in [-0.39, 0.29) is 13.2 Å². The molecule has 0 aromatic carbocycles. The summed E-state index contributed by atoms with van der Waals surface area (Å²) in [7, 11) is 2.00. The predicted octanol–water partition coefficient (Wildman–Crippen LogP) is -0.769. The molecule has 0 heterocycles. The van der Waals surface area contributed by atoms with Gasteiger partial charge in [0.2, 0.25) is 0 Å². The van der Waals surface area contributed by atoms with Gasteiger partial charge in [-0.1, -0.05) is 0 Å². The zero-order valence-corrected chi connectivity index (χ0v) is 9.03. The van der Waals surface area contributed by atoms with Gasteiger partial charge in [0.1, 0.15) is 0 Å². The molecule has 5 heteroatoms. The first-order chi connectivity index (χ1) is 6.33. The molecule has 0 aliphatic carbocycles. The summed E-state index contributed by atoms with van der Waals surface area (Å²) in [5.74, 6) is 0. The van der Waals surface area contributed by atoms with Gasteiger partial charge >= 0.3 is 0 Å². The summed E-state index contributed by atoms with van der Waals surface area (Å²) in [6, 6.07) is 0. The van der Waals surface area contributed by atoms with E-state index in [4.69, 9.17) is 25.2 Å². The minimum Gasteiger partial charge on any atom is -0.400 e. The Kier molecular flexibility index (Phi) is 106. The van der Waals surface area contributed by atoms with Gasteiger partial charge in [-0.25, -0.2) is 0 Å². The zero-order chi connectivity index (χ0) is 11.5. The van der Waals surface area contributed by atoms with E-state index in [9.17, 15) is 0 Å². The van der Waals surface area contributed by atoms with Crippen molar-refractivity contribution in [2.24, 2.45) is 0 Å². The Morgan fingerprint density at radius 1 is 0.769 bits per heavy atom. The first-order valence-electron chi connectivity index (χ1n) is 4.02. The Morgan fingerprint density at radius 2 is 1.00 bits per heavy atom. The van der Waals surface area contributed by atoms with Crippen LogP contribution in [-0.4, -0.2) is 61.1 Å². The van der Waals surface area contributed by atoms with Crippen molar-refractivity contribution < 1.29 is 25.2 Å². The number of rotatable bonds is 3. The van der Waals surface area contributed by atoms with Gasteiger partial charge in [0.05, 0.1) is 13.2 Å². The lowest BCUT2D eigenvalue weighted by Gasteiger charge is -1.86. The molecule has 0 aromatic heterocycles. The number of aliphatic hydroxyl groups is 4. The van der Waals surface area contributed by atoms with Crippen molar-refractivity contribution in [2.45, 2.75) is 13.8 Å². The van der Waals surface area contributed by atoms with E-state index in [1.165, 1.54) is 0 Å². The standard InChI is InChI=1S/C4H10O.C2H6O2.2CH4O/c1-3-5-4-2;3-1-2-4;2*1-2/h3-4H2,1-2H3;3-4H,1-2H2;2*2H,1H3. The summed E-state index contributed by atoms with van der Waals surface area (Å²) >= 11 is 0. The summed E-state index contributed by atoms with van der Waals surface area (Å²) in [6.07, 6.45) is 0. The molecular weight excluding hydrogens is 176 g/mol. The predicted molar refractivity (Wildman–Crippen MR) is 52.6 cm³/mol. The zero-order valence-electron chi connectivity index (χ0n) is 9.03. The maximum atomic E-state index is 7.62. The van der Waals surface area contributed by atoms with Crippen LogP contribution in [0.3, 0.4) is 0 Å². The van der Waals surface area contributed by atoms with Crippen molar-refractivity contribution in [3.05, 3.63) is 0 Å². The second-order valence-electron chi connectivity index (χ2n) is 1.23. The van der Waals surface area contributed by atoms with E-state index >= 15 is 0 Å². The van der Waals surface area contributed by atoms with Crippen molar-refractivity contribution in [2.75, 3.05) is 40.6 Å². The van der Waals surface area contributed by atoms with Gasteiger partial charge in [0, 0.05) is 27.4 Å². The molecule has 0 aliphatic heterocycles. The summed E-state index contributed by atoms with van der Waals surface area (Å²) in [5.41, 5.74) is 0. The van der Waals surface area contributed by atoms with Crippen LogP contribution in [0.5, 0.6) is 0 Å². The van der Waals surface area contributed by atoms with Crippen molar-refractivity contribution >= 4 is 0 Å². The minimum absolute atomic E-state index is 0.125. The molecule has 0 saturated carbocycles. The molecule has 0 aliphatic rings. The quantitative estimate of drug-likeness (QED) is 0.480. The lowest BCUT2D eigenvalue weighted by molar-refractivity contribution is 0.162. The van der Waals surface area contributed by atoms with Crippen LogP contribution in [0, 0.1) is 0 Å². The Bertz CT molecular complexity index is 31.7. The highest BCUT2D eigenvalue weighted by Gasteiger charge is 1.64. The molecule has 13 heavy (non-hydrogen) atoms. The maximum Gasteiger partial charge on any atom is 0.0662 e. The van der Waals surface area contributed by atoms with Crippen LogP contribution in [0.1, 0.15) is 13.8 Å². The second kappa shape index (κ2) is 59.7. The summed E-state index contributed by atoms with van der Waals surface area (Å²) in [4.78, 5) is 0. The average Bonchev–Trinajstić information content (AvgIpc) is 2.25. The number of aliphatic hydroxyl groups excluding tert-OH is 4. The Balaban J connectivity index is -0.0000000457. The molecule has 0 aromatic rings. The monoisotopic (exact) mass is 200 g/mol. The first-order valence-corrected chi connectivity index (χ1v) is 4.02. The van der Waals surface area contributed by atoms with Gasteiger partial charge in [-0.2, -0.15) is 0 Å². The molecule has 0 radical (unpaired) electrons. The van der Waals surface area contributed by atoms with Gasteiger partial charge in [-0.3, -0.25) is 0 Å². The lowest BCUT2D eigenvalue weighted by Crippen LogP contribution is -1.85. The Morgan fingerprint density at radius 3 is 1.00 bits per heavy atom. The lowest BCUT2D eigenvalue weighted by atomic mass is 10.8. The fraction of sp³-hybridized carbons (Fsp3) is 1.00. The van der Waals surface area contributed by atoms with E-state index in [1.54, 1.807) is 0 Å². The van der Waals surface area contributed by atoms with Crippen molar-refractivity contribution in [1.82, 2.24) is 0 Å². The third kappa shape index (κ3) is 145. The molecule has 0 saturated heterocycles. The normalized spacial score (nSPS) is 6.46. The van der Waals surface area contributed by atoms with Crippen molar-refractivity contribution in [3.63, 3.8) is 0 Å². The highest BCUT2D eigenvalue weighted by molar-refractivity contribution is 4.07. The van der Waals surface area contributed by atoms with E-state index in [1.807, 2.05) is 13.8 Å². The molecular formula is C8H24O5. The van der Waals surface area contributed by atoms with Crippen LogP contribution in [0.2, 0.25) is 0 Å². The maximum absolute atomic E-state index is 7.62. The van der Waals surface area contributed by atoms with Crippen LogP contribution < -0.4 is 0 Å². The summed E-state index contributed by atoms with van der Waals surface area (Å²) < 4.78 is 4.83. The molecule has 0 fully saturated rings. The average molecular weight is 200 g/mol.